The maximum Gasteiger partial charge on any atom is 0.0715 e. The van der Waals surface area contributed by atoms with Crippen LogP contribution in [0.25, 0.3) is 0 Å². The van der Waals surface area contributed by atoms with E-state index >= 15 is 0 Å². The first-order chi connectivity index (χ1) is 9.87. The summed E-state index contributed by atoms with van der Waals surface area (Å²) in [7, 11) is 0. The van der Waals surface area contributed by atoms with Crippen molar-refractivity contribution in [2.45, 2.75) is 39.3 Å². The molecule has 0 spiro atoms. The molecule has 21 heavy (non-hydrogen) atoms. The monoisotopic (exact) mass is 283 g/mol. The molecule has 0 heterocycles. The zero-order valence-corrected chi connectivity index (χ0v) is 13.4. The van der Waals surface area contributed by atoms with Gasteiger partial charge in [-0.15, -0.1) is 0 Å². The van der Waals surface area contributed by atoms with Crippen molar-refractivity contribution in [3.05, 3.63) is 70.8 Å². The molecular formula is C19H25NO. The van der Waals surface area contributed by atoms with E-state index in [2.05, 4.69) is 61.6 Å². The Bertz CT molecular complexity index is 584. The van der Waals surface area contributed by atoms with Crippen LogP contribution in [-0.2, 0) is 0 Å². The molecular weight excluding hydrogens is 258 g/mol. The zero-order chi connectivity index (χ0) is 15.5. The van der Waals surface area contributed by atoms with Crippen LogP contribution in [0.4, 0.5) is 0 Å². The van der Waals surface area contributed by atoms with E-state index in [9.17, 15) is 5.11 Å². The van der Waals surface area contributed by atoms with Crippen LogP contribution in [0, 0.1) is 13.8 Å². The molecule has 112 valence electrons. The third kappa shape index (κ3) is 4.42. The molecule has 1 unspecified atom stereocenters. The molecule has 2 heteroatoms. The van der Waals surface area contributed by atoms with Crippen LogP contribution in [0.15, 0.2) is 48.5 Å². The van der Waals surface area contributed by atoms with Crippen LogP contribution in [0.2, 0.25) is 0 Å². The van der Waals surface area contributed by atoms with Gasteiger partial charge in [0.05, 0.1) is 11.6 Å². The smallest absolute Gasteiger partial charge is 0.0715 e. The molecule has 2 N–H and O–H groups in total. The molecule has 0 aromatic heterocycles. The van der Waals surface area contributed by atoms with Crippen molar-refractivity contribution in [2.75, 3.05) is 6.54 Å². The summed E-state index contributed by atoms with van der Waals surface area (Å²) in [6.07, 6.45) is 0. The first kappa shape index (κ1) is 15.7. The van der Waals surface area contributed by atoms with Gasteiger partial charge in [-0.05, 0) is 44.4 Å². The second-order valence-electron chi connectivity index (χ2n) is 6.40. The Labute approximate surface area is 127 Å². The van der Waals surface area contributed by atoms with Crippen LogP contribution in [-0.4, -0.2) is 17.3 Å². The highest BCUT2D eigenvalue weighted by molar-refractivity contribution is 5.38. The predicted molar refractivity (Wildman–Crippen MR) is 88.5 cm³/mol. The van der Waals surface area contributed by atoms with Gasteiger partial charge in [0, 0.05) is 6.54 Å². The van der Waals surface area contributed by atoms with E-state index in [4.69, 9.17) is 0 Å². The second-order valence-corrected chi connectivity index (χ2v) is 6.40. The van der Waals surface area contributed by atoms with Gasteiger partial charge in [-0.1, -0.05) is 54.1 Å². The average Bonchev–Trinajstić information content (AvgIpc) is 2.41. The molecule has 2 aromatic carbocycles. The lowest BCUT2D eigenvalue weighted by molar-refractivity contribution is 0.0777. The maximum atomic E-state index is 10.0. The zero-order valence-electron chi connectivity index (χ0n) is 13.4. The molecule has 2 nitrogen and oxygen atoms in total. The third-order valence-electron chi connectivity index (χ3n) is 3.61. The predicted octanol–water partition coefficient (Wildman–Crippen LogP) is 3.75. The lowest BCUT2D eigenvalue weighted by Crippen LogP contribution is -2.37. The van der Waals surface area contributed by atoms with Crippen LogP contribution < -0.4 is 5.32 Å². The van der Waals surface area contributed by atoms with Crippen molar-refractivity contribution in [3.63, 3.8) is 0 Å². The van der Waals surface area contributed by atoms with Gasteiger partial charge in [-0.3, -0.25) is 0 Å². The van der Waals surface area contributed by atoms with E-state index in [0.29, 0.717) is 6.54 Å². The molecule has 0 radical (unpaired) electrons. The van der Waals surface area contributed by atoms with Gasteiger partial charge in [-0.2, -0.15) is 0 Å². The topological polar surface area (TPSA) is 32.3 Å². The first-order valence-corrected chi connectivity index (χ1v) is 7.45. The Morgan fingerprint density at radius 2 is 1.71 bits per heavy atom. The SMILES string of the molecule is Cc1ccc(C(NCC(C)(C)O)c2ccccc2)c(C)c1. The van der Waals surface area contributed by atoms with Gasteiger partial charge in [0.15, 0.2) is 0 Å². The van der Waals surface area contributed by atoms with Crippen molar-refractivity contribution >= 4 is 0 Å². The molecule has 0 saturated heterocycles. The number of nitrogens with one attached hydrogen (secondary N) is 1. The van der Waals surface area contributed by atoms with Gasteiger partial charge in [0.25, 0.3) is 0 Å². The Morgan fingerprint density at radius 1 is 1.05 bits per heavy atom. The van der Waals surface area contributed by atoms with E-state index in [1.807, 2.05) is 19.9 Å². The Balaban J connectivity index is 2.36. The van der Waals surface area contributed by atoms with Crippen molar-refractivity contribution in [1.82, 2.24) is 5.32 Å². The molecule has 0 amide bonds. The van der Waals surface area contributed by atoms with E-state index in [0.717, 1.165) is 0 Å². The summed E-state index contributed by atoms with van der Waals surface area (Å²) in [4.78, 5) is 0. The fourth-order valence-corrected chi connectivity index (χ4v) is 2.55. The molecule has 0 aliphatic rings. The fourth-order valence-electron chi connectivity index (χ4n) is 2.55. The first-order valence-electron chi connectivity index (χ1n) is 7.45. The maximum absolute atomic E-state index is 10.0. The number of hydrogen-bond acceptors (Lipinski definition) is 2. The number of hydrogen-bond donors (Lipinski definition) is 2. The molecule has 0 aliphatic carbocycles. The minimum absolute atomic E-state index is 0.0956. The lowest BCUT2D eigenvalue weighted by Gasteiger charge is -2.26. The van der Waals surface area contributed by atoms with Crippen molar-refractivity contribution in [2.24, 2.45) is 0 Å². The highest BCUT2D eigenvalue weighted by atomic mass is 16.3. The third-order valence-corrected chi connectivity index (χ3v) is 3.61. The summed E-state index contributed by atoms with van der Waals surface area (Å²) in [5.41, 5.74) is 4.29. The summed E-state index contributed by atoms with van der Waals surface area (Å²) in [5, 5.41) is 13.5. The molecule has 0 bridgehead atoms. The highest BCUT2D eigenvalue weighted by Crippen LogP contribution is 2.26. The van der Waals surface area contributed by atoms with Gasteiger partial charge < -0.3 is 10.4 Å². The largest absolute Gasteiger partial charge is 0.389 e. The number of rotatable bonds is 5. The van der Waals surface area contributed by atoms with E-state index in [1.165, 1.54) is 22.3 Å². The van der Waals surface area contributed by atoms with Crippen LogP contribution in [0.1, 0.15) is 42.1 Å². The van der Waals surface area contributed by atoms with Crippen molar-refractivity contribution in [1.29, 1.82) is 0 Å². The normalized spacial score (nSPS) is 13.2. The van der Waals surface area contributed by atoms with Gasteiger partial charge >= 0.3 is 0 Å². The minimum atomic E-state index is -0.731. The summed E-state index contributed by atoms with van der Waals surface area (Å²) in [6.45, 7) is 8.44. The number of aliphatic hydroxyl groups is 1. The van der Waals surface area contributed by atoms with Crippen molar-refractivity contribution in [3.8, 4) is 0 Å². The molecule has 1 atom stereocenters. The molecule has 0 saturated carbocycles. The van der Waals surface area contributed by atoms with E-state index in [1.54, 1.807) is 0 Å². The van der Waals surface area contributed by atoms with Crippen LogP contribution in [0.5, 0.6) is 0 Å². The van der Waals surface area contributed by atoms with E-state index < -0.39 is 5.60 Å². The van der Waals surface area contributed by atoms with E-state index in [-0.39, 0.29) is 6.04 Å². The molecule has 0 fully saturated rings. The summed E-state index contributed by atoms with van der Waals surface area (Å²) in [5.74, 6) is 0. The lowest BCUT2D eigenvalue weighted by atomic mass is 9.93. The molecule has 2 aromatic rings. The minimum Gasteiger partial charge on any atom is -0.389 e. The Morgan fingerprint density at radius 3 is 2.29 bits per heavy atom. The average molecular weight is 283 g/mol. The molecule has 2 rings (SSSR count). The molecule has 0 aliphatic heterocycles. The second kappa shape index (κ2) is 6.42. The van der Waals surface area contributed by atoms with Gasteiger partial charge in [0.2, 0.25) is 0 Å². The Hall–Kier alpha value is -1.64. The van der Waals surface area contributed by atoms with Crippen molar-refractivity contribution < 1.29 is 5.11 Å². The number of aryl methyl sites for hydroxylation is 2. The number of benzene rings is 2. The van der Waals surface area contributed by atoms with Gasteiger partial charge in [0.1, 0.15) is 0 Å². The fraction of sp³-hybridized carbons (Fsp3) is 0.368. The standard InChI is InChI=1S/C19H25NO/c1-14-10-11-17(15(2)12-14)18(20-13-19(3,4)21)16-8-6-5-7-9-16/h5-12,18,20-21H,13H2,1-4H3. The summed E-state index contributed by atoms with van der Waals surface area (Å²) < 4.78 is 0. The van der Waals surface area contributed by atoms with Crippen LogP contribution >= 0.6 is 0 Å². The van der Waals surface area contributed by atoms with Gasteiger partial charge in [-0.25, -0.2) is 0 Å². The summed E-state index contributed by atoms with van der Waals surface area (Å²) >= 11 is 0. The van der Waals surface area contributed by atoms with Crippen LogP contribution in [0.3, 0.4) is 0 Å². The summed E-state index contributed by atoms with van der Waals surface area (Å²) in [6, 6.07) is 17.0. The highest BCUT2D eigenvalue weighted by Gasteiger charge is 2.19. The Kier molecular flexibility index (Phi) is 4.81. The quantitative estimate of drug-likeness (QED) is 0.876.